The predicted molar refractivity (Wildman–Crippen MR) is 85.6 cm³/mol. The number of hydrogen-bond acceptors (Lipinski definition) is 3. The number of nitrogens with two attached hydrogens (primary N) is 1. The van der Waals surface area contributed by atoms with Gasteiger partial charge in [0.05, 0.1) is 17.6 Å². The summed E-state index contributed by atoms with van der Waals surface area (Å²) in [5.74, 6) is 6.21. The third-order valence-corrected chi connectivity index (χ3v) is 3.99. The summed E-state index contributed by atoms with van der Waals surface area (Å²) in [6.07, 6.45) is 0.634. The summed E-state index contributed by atoms with van der Waals surface area (Å²) >= 11 is 3.20. The van der Waals surface area contributed by atoms with Crippen molar-refractivity contribution in [2.45, 2.75) is 19.4 Å². The third-order valence-electron chi connectivity index (χ3n) is 3.39. The van der Waals surface area contributed by atoms with Crippen LogP contribution in [0.5, 0.6) is 5.75 Å². The number of benzene rings is 2. The van der Waals surface area contributed by atoms with Crippen molar-refractivity contribution in [3.63, 3.8) is 0 Å². The van der Waals surface area contributed by atoms with E-state index in [0.29, 0.717) is 10.9 Å². The number of ether oxygens (including phenoxy) is 1. The molecule has 0 fully saturated rings. The van der Waals surface area contributed by atoms with Gasteiger partial charge in [0.2, 0.25) is 0 Å². The maximum atomic E-state index is 13.3. The number of aryl methyl sites for hydroxylation is 1. The van der Waals surface area contributed by atoms with E-state index in [1.807, 2.05) is 25.1 Å². The van der Waals surface area contributed by atoms with Crippen LogP contribution in [0.15, 0.2) is 40.9 Å². The Bertz CT molecular complexity index is 634. The zero-order chi connectivity index (χ0) is 15.4. The number of nitrogens with one attached hydrogen (secondary N) is 1. The van der Waals surface area contributed by atoms with Crippen molar-refractivity contribution in [3.05, 3.63) is 63.4 Å². The second-order valence-corrected chi connectivity index (χ2v) is 5.77. The molecule has 0 heterocycles. The first-order valence-corrected chi connectivity index (χ1v) is 7.39. The first-order chi connectivity index (χ1) is 10.0. The molecular formula is C16H18BrFN2O. The Hall–Kier alpha value is -1.43. The fourth-order valence-corrected chi connectivity index (χ4v) is 2.71. The molecule has 0 saturated heterocycles. The maximum absolute atomic E-state index is 13.3. The van der Waals surface area contributed by atoms with Crippen LogP contribution >= 0.6 is 15.9 Å². The van der Waals surface area contributed by atoms with Crippen LogP contribution < -0.4 is 16.0 Å². The molecule has 2 rings (SSSR count). The molecule has 0 aliphatic rings. The summed E-state index contributed by atoms with van der Waals surface area (Å²) in [6.45, 7) is 2.02. The van der Waals surface area contributed by atoms with E-state index >= 15 is 0 Å². The zero-order valence-corrected chi connectivity index (χ0v) is 13.6. The molecule has 21 heavy (non-hydrogen) atoms. The highest BCUT2D eigenvalue weighted by Crippen LogP contribution is 2.29. The van der Waals surface area contributed by atoms with Crippen molar-refractivity contribution in [1.29, 1.82) is 0 Å². The minimum absolute atomic E-state index is 0.114. The normalized spacial score (nSPS) is 12.2. The van der Waals surface area contributed by atoms with Crippen LogP contribution in [0.3, 0.4) is 0 Å². The fraction of sp³-hybridized carbons (Fsp3) is 0.250. The van der Waals surface area contributed by atoms with E-state index in [4.69, 9.17) is 10.6 Å². The van der Waals surface area contributed by atoms with Gasteiger partial charge in [-0.05, 0) is 53.0 Å². The van der Waals surface area contributed by atoms with Crippen LogP contribution in [0.25, 0.3) is 0 Å². The molecule has 0 spiro atoms. The van der Waals surface area contributed by atoms with Crippen LogP contribution in [0.1, 0.15) is 22.7 Å². The van der Waals surface area contributed by atoms with E-state index < -0.39 is 0 Å². The SMILES string of the molecule is COc1ccc(C)cc1C(Cc1ccc(F)c(Br)c1)NN. The third kappa shape index (κ3) is 3.81. The van der Waals surface area contributed by atoms with E-state index in [9.17, 15) is 4.39 Å². The van der Waals surface area contributed by atoms with Crippen LogP contribution in [0.4, 0.5) is 4.39 Å². The van der Waals surface area contributed by atoms with Crippen molar-refractivity contribution < 1.29 is 9.13 Å². The molecule has 1 atom stereocenters. The summed E-state index contributed by atoms with van der Waals surface area (Å²) < 4.78 is 19.2. The molecule has 3 N–H and O–H groups in total. The standard InChI is InChI=1S/C16H18BrFN2O/c1-10-3-6-16(21-2)12(7-10)15(20-19)9-11-4-5-14(18)13(17)8-11/h3-8,15,20H,9,19H2,1-2H3. The van der Waals surface area contributed by atoms with Crippen LogP contribution in [-0.4, -0.2) is 7.11 Å². The molecule has 0 saturated carbocycles. The molecule has 0 radical (unpaired) electrons. The molecular weight excluding hydrogens is 335 g/mol. The van der Waals surface area contributed by atoms with Gasteiger partial charge >= 0.3 is 0 Å². The number of halogens is 2. The summed E-state index contributed by atoms with van der Waals surface area (Å²) in [6, 6.07) is 10.8. The lowest BCUT2D eigenvalue weighted by atomic mass is 9.97. The molecule has 5 heteroatoms. The van der Waals surface area contributed by atoms with Crippen molar-refractivity contribution in [3.8, 4) is 5.75 Å². The Balaban J connectivity index is 2.31. The number of hydrogen-bond donors (Lipinski definition) is 2. The highest BCUT2D eigenvalue weighted by molar-refractivity contribution is 9.10. The highest BCUT2D eigenvalue weighted by Gasteiger charge is 2.16. The Morgan fingerprint density at radius 2 is 2.05 bits per heavy atom. The summed E-state index contributed by atoms with van der Waals surface area (Å²) in [5, 5.41) is 0. The smallest absolute Gasteiger partial charge is 0.137 e. The Kier molecular flexibility index (Phi) is 5.33. The quantitative estimate of drug-likeness (QED) is 0.637. The van der Waals surface area contributed by atoms with Gasteiger partial charge in [0, 0.05) is 5.56 Å². The molecule has 0 amide bonds. The topological polar surface area (TPSA) is 47.3 Å². The van der Waals surface area contributed by atoms with Gasteiger partial charge in [-0.3, -0.25) is 11.3 Å². The lowest BCUT2D eigenvalue weighted by Crippen LogP contribution is -2.30. The van der Waals surface area contributed by atoms with E-state index in [1.54, 1.807) is 19.2 Å². The molecule has 1 unspecified atom stereocenters. The monoisotopic (exact) mass is 352 g/mol. The number of methoxy groups -OCH3 is 1. The van der Waals surface area contributed by atoms with E-state index in [0.717, 1.165) is 22.4 Å². The molecule has 112 valence electrons. The van der Waals surface area contributed by atoms with Crippen LogP contribution in [0.2, 0.25) is 0 Å². The number of hydrazine groups is 1. The minimum atomic E-state index is -0.274. The van der Waals surface area contributed by atoms with E-state index in [-0.39, 0.29) is 11.9 Å². The fourth-order valence-electron chi connectivity index (χ4n) is 2.29. The van der Waals surface area contributed by atoms with Crippen molar-refractivity contribution in [2.24, 2.45) is 5.84 Å². The molecule has 0 bridgehead atoms. The highest BCUT2D eigenvalue weighted by atomic mass is 79.9. The molecule has 0 aromatic heterocycles. The summed E-state index contributed by atoms with van der Waals surface area (Å²) in [4.78, 5) is 0. The lowest BCUT2D eigenvalue weighted by molar-refractivity contribution is 0.399. The van der Waals surface area contributed by atoms with Gasteiger partial charge < -0.3 is 4.74 Å². The molecule has 0 aliphatic heterocycles. The minimum Gasteiger partial charge on any atom is -0.496 e. The molecule has 3 nitrogen and oxygen atoms in total. The largest absolute Gasteiger partial charge is 0.496 e. The summed E-state index contributed by atoms with van der Waals surface area (Å²) in [7, 11) is 1.64. The molecule has 2 aromatic carbocycles. The zero-order valence-electron chi connectivity index (χ0n) is 12.0. The van der Waals surface area contributed by atoms with Gasteiger partial charge in [-0.25, -0.2) is 4.39 Å². The van der Waals surface area contributed by atoms with Crippen LogP contribution in [-0.2, 0) is 6.42 Å². The second kappa shape index (κ2) is 7.02. The Labute approximate surface area is 132 Å². The van der Waals surface area contributed by atoms with Gasteiger partial charge in [0.25, 0.3) is 0 Å². The first kappa shape index (κ1) is 15.9. The van der Waals surface area contributed by atoms with Crippen LogP contribution in [0, 0.1) is 12.7 Å². The first-order valence-electron chi connectivity index (χ1n) is 6.59. The summed E-state index contributed by atoms with van der Waals surface area (Å²) in [5.41, 5.74) is 5.91. The van der Waals surface area contributed by atoms with E-state index in [2.05, 4.69) is 21.4 Å². The van der Waals surface area contributed by atoms with Crippen molar-refractivity contribution in [2.75, 3.05) is 7.11 Å². The van der Waals surface area contributed by atoms with E-state index in [1.165, 1.54) is 6.07 Å². The maximum Gasteiger partial charge on any atom is 0.137 e. The van der Waals surface area contributed by atoms with Crippen molar-refractivity contribution >= 4 is 15.9 Å². The lowest BCUT2D eigenvalue weighted by Gasteiger charge is -2.20. The number of rotatable bonds is 5. The van der Waals surface area contributed by atoms with Gasteiger partial charge in [-0.2, -0.15) is 0 Å². The molecule has 0 aliphatic carbocycles. The van der Waals surface area contributed by atoms with Gasteiger partial charge in [-0.1, -0.05) is 23.8 Å². The Morgan fingerprint density at radius 3 is 2.67 bits per heavy atom. The second-order valence-electron chi connectivity index (χ2n) is 4.92. The average Bonchev–Trinajstić information content (AvgIpc) is 2.48. The van der Waals surface area contributed by atoms with Gasteiger partial charge in [0.1, 0.15) is 11.6 Å². The van der Waals surface area contributed by atoms with Gasteiger partial charge in [-0.15, -0.1) is 0 Å². The molecule has 2 aromatic rings. The Morgan fingerprint density at radius 1 is 1.29 bits per heavy atom. The predicted octanol–water partition coefficient (Wildman–Crippen LogP) is 3.65. The van der Waals surface area contributed by atoms with Gasteiger partial charge in [0.15, 0.2) is 0 Å². The van der Waals surface area contributed by atoms with Crippen molar-refractivity contribution in [1.82, 2.24) is 5.43 Å². The average molecular weight is 353 g/mol.